The third kappa shape index (κ3) is 2.49. The second-order valence-corrected chi connectivity index (χ2v) is 7.69. The molecule has 3 unspecified atom stereocenters. The Morgan fingerprint density at radius 1 is 1.13 bits per heavy atom. The van der Waals surface area contributed by atoms with Crippen LogP contribution < -0.4 is 4.90 Å². The minimum absolute atomic E-state index is 0.333. The van der Waals surface area contributed by atoms with Crippen LogP contribution in [0.5, 0.6) is 0 Å². The molecule has 3 atom stereocenters. The molecule has 1 aromatic rings. The Hall–Kier alpha value is -1.06. The van der Waals surface area contributed by atoms with Gasteiger partial charge in [-0.15, -0.1) is 0 Å². The van der Waals surface area contributed by atoms with Crippen LogP contribution in [0.1, 0.15) is 38.2 Å². The van der Waals surface area contributed by atoms with Crippen molar-refractivity contribution in [3.63, 3.8) is 0 Å². The van der Waals surface area contributed by atoms with Crippen molar-refractivity contribution in [3.05, 3.63) is 29.8 Å². The lowest BCUT2D eigenvalue weighted by Gasteiger charge is -2.29. The van der Waals surface area contributed by atoms with Gasteiger partial charge in [-0.25, -0.2) is 0 Å². The van der Waals surface area contributed by atoms with Crippen LogP contribution in [-0.4, -0.2) is 49.3 Å². The SMILES string of the molecule is CCN1CC2C(CCO)C2(c2ccc(N3CCCCC3)cc2)C1. The third-order valence-electron chi connectivity index (χ3n) is 6.65. The molecule has 0 aromatic heterocycles. The van der Waals surface area contributed by atoms with Crippen molar-refractivity contribution in [1.29, 1.82) is 0 Å². The van der Waals surface area contributed by atoms with Gasteiger partial charge in [0.25, 0.3) is 0 Å². The minimum Gasteiger partial charge on any atom is -0.396 e. The van der Waals surface area contributed by atoms with Crippen LogP contribution in [0.4, 0.5) is 5.69 Å². The molecule has 3 nitrogen and oxygen atoms in total. The first-order valence-corrected chi connectivity index (χ1v) is 9.48. The third-order valence-corrected chi connectivity index (χ3v) is 6.65. The standard InChI is InChI=1S/C20H30N2O/c1-2-21-14-19-18(10-13-23)20(19,15-21)16-6-8-17(9-7-16)22-11-4-3-5-12-22/h6-9,18-19,23H,2-5,10-15H2,1H3. The number of hydrogen-bond donors (Lipinski definition) is 1. The average Bonchev–Trinajstić information content (AvgIpc) is 3.03. The van der Waals surface area contributed by atoms with E-state index in [9.17, 15) is 5.11 Å². The van der Waals surface area contributed by atoms with Gasteiger partial charge in [0, 0.05) is 43.9 Å². The van der Waals surface area contributed by atoms with Gasteiger partial charge in [-0.1, -0.05) is 19.1 Å². The number of anilines is 1. The maximum absolute atomic E-state index is 9.41. The molecule has 1 N–H and O–H groups in total. The van der Waals surface area contributed by atoms with Crippen molar-refractivity contribution in [2.75, 3.05) is 44.2 Å². The molecule has 2 saturated heterocycles. The normalized spacial score (nSPS) is 33.7. The first-order valence-electron chi connectivity index (χ1n) is 9.48. The summed E-state index contributed by atoms with van der Waals surface area (Å²) in [5.74, 6) is 1.45. The molecule has 0 radical (unpaired) electrons. The van der Waals surface area contributed by atoms with Crippen molar-refractivity contribution in [3.8, 4) is 0 Å². The Balaban J connectivity index is 1.54. The number of hydrogen-bond acceptors (Lipinski definition) is 3. The summed E-state index contributed by atoms with van der Waals surface area (Å²) in [4.78, 5) is 5.12. The molecule has 2 aliphatic heterocycles. The van der Waals surface area contributed by atoms with Gasteiger partial charge in [0.05, 0.1) is 0 Å². The minimum atomic E-state index is 0.333. The summed E-state index contributed by atoms with van der Waals surface area (Å²) in [5, 5.41) is 9.41. The molecule has 3 aliphatic rings. The van der Waals surface area contributed by atoms with Gasteiger partial charge in [0.15, 0.2) is 0 Å². The summed E-state index contributed by atoms with van der Waals surface area (Å²) in [5.41, 5.74) is 3.24. The summed E-state index contributed by atoms with van der Waals surface area (Å²) in [6.45, 7) is 8.57. The fourth-order valence-electron chi connectivity index (χ4n) is 5.33. The van der Waals surface area contributed by atoms with E-state index < -0.39 is 0 Å². The molecule has 23 heavy (non-hydrogen) atoms. The Bertz CT molecular complexity index is 537. The highest BCUT2D eigenvalue weighted by Crippen LogP contribution is 2.65. The fraction of sp³-hybridized carbons (Fsp3) is 0.700. The number of aliphatic hydroxyl groups excluding tert-OH is 1. The number of likely N-dealkylation sites (tertiary alicyclic amines) is 1. The number of rotatable bonds is 5. The van der Waals surface area contributed by atoms with Crippen LogP contribution in [0.25, 0.3) is 0 Å². The van der Waals surface area contributed by atoms with Crippen LogP contribution in [0.15, 0.2) is 24.3 Å². The van der Waals surface area contributed by atoms with Crippen molar-refractivity contribution >= 4 is 5.69 Å². The number of piperidine rings is 2. The largest absolute Gasteiger partial charge is 0.396 e. The highest BCUT2D eigenvalue weighted by atomic mass is 16.3. The Labute approximate surface area is 140 Å². The molecule has 0 spiro atoms. The monoisotopic (exact) mass is 314 g/mol. The van der Waals surface area contributed by atoms with Gasteiger partial charge in [-0.3, -0.25) is 0 Å². The molecule has 126 valence electrons. The predicted molar refractivity (Wildman–Crippen MR) is 95.0 cm³/mol. The molecule has 1 aliphatic carbocycles. The summed E-state index contributed by atoms with van der Waals surface area (Å²) < 4.78 is 0. The van der Waals surface area contributed by atoms with E-state index >= 15 is 0 Å². The Kier molecular flexibility index (Phi) is 4.10. The topological polar surface area (TPSA) is 26.7 Å². The molecule has 3 heteroatoms. The van der Waals surface area contributed by atoms with Gasteiger partial charge in [-0.2, -0.15) is 0 Å². The van der Waals surface area contributed by atoms with Crippen LogP contribution in [-0.2, 0) is 5.41 Å². The lowest BCUT2D eigenvalue weighted by Crippen LogP contribution is -2.30. The van der Waals surface area contributed by atoms with Gasteiger partial charge in [-0.05, 0) is 61.8 Å². The van der Waals surface area contributed by atoms with E-state index in [-0.39, 0.29) is 0 Å². The Morgan fingerprint density at radius 3 is 2.52 bits per heavy atom. The average molecular weight is 314 g/mol. The second-order valence-electron chi connectivity index (χ2n) is 7.69. The maximum Gasteiger partial charge on any atom is 0.0434 e. The number of aliphatic hydroxyl groups is 1. The summed E-state index contributed by atoms with van der Waals surface area (Å²) in [7, 11) is 0. The van der Waals surface area contributed by atoms with E-state index in [0.717, 1.165) is 18.9 Å². The molecule has 2 heterocycles. The van der Waals surface area contributed by atoms with E-state index in [4.69, 9.17) is 0 Å². The van der Waals surface area contributed by atoms with Crippen LogP contribution >= 0.6 is 0 Å². The zero-order valence-electron chi connectivity index (χ0n) is 14.4. The number of fused-ring (bicyclic) bond motifs is 1. The summed E-state index contributed by atoms with van der Waals surface area (Å²) >= 11 is 0. The zero-order valence-corrected chi connectivity index (χ0v) is 14.4. The highest BCUT2D eigenvalue weighted by Gasteiger charge is 2.68. The fourth-order valence-corrected chi connectivity index (χ4v) is 5.33. The first-order chi connectivity index (χ1) is 11.3. The molecular formula is C20H30N2O. The molecule has 0 amide bonds. The van der Waals surface area contributed by atoms with Gasteiger partial charge < -0.3 is 14.9 Å². The summed E-state index contributed by atoms with van der Waals surface area (Å²) in [6, 6.07) is 9.45. The van der Waals surface area contributed by atoms with Gasteiger partial charge in [0.2, 0.25) is 0 Å². The molecular weight excluding hydrogens is 284 g/mol. The van der Waals surface area contributed by atoms with E-state index in [1.54, 1.807) is 0 Å². The predicted octanol–water partition coefficient (Wildman–Crippen LogP) is 2.88. The zero-order chi connectivity index (χ0) is 15.9. The van der Waals surface area contributed by atoms with Crippen LogP contribution in [0.3, 0.4) is 0 Å². The van der Waals surface area contributed by atoms with E-state index in [1.165, 1.54) is 56.7 Å². The quantitative estimate of drug-likeness (QED) is 0.905. The molecule has 0 bridgehead atoms. The van der Waals surface area contributed by atoms with E-state index in [1.807, 2.05) is 0 Å². The van der Waals surface area contributed by atoms with Crippen LogP contribution in [0.2, 0.25) is 0 Å². The van der Waals surface area contributed by atoms with Gasteiger partial charge >= 0.3 is 0 Å². The van der Waals surface area contributed by atoms with Crippen molar-refractivity contribution in [2.24, 2.45) is 11.8 Å². The smallest absolute Gasteiger partial charge is 0.0434 e. The van der Waals surface area contributed by atoms with Crippen molar-refractivity contribution < 1.29 is 5.11 Å². The van der Waals surface area contributed by atoms with Crippen LogP contribution in [0, 0.1) is 11.8 Å². The molecule has 3 fully saturated rings. The van der Waals surface area contributed by atoms with Crippen molar-refractivity contribution in [2.45, 2.75) is 38.0 Å². The van der Waals surface area contributed by atoms with Gasteiger partial charge in [0.1, 0.15) is 0 Å². The van der Waals surface area contributed by atoms with E-state index in [2.05, 4.69) is 41.0 Å². The number of benzene rings is 1. The lowest BCUT2D eigenvalue weighted by atomic mass is 9.91. The molecule has 1 saturated carbocycles. The highest BCUT2D eigenvalue weighted by molar-refractivity contribution is 5.51. The lowest BCUT2D eigenvalue weighted by molar-refractivity contribution is 0.242. The van der Waals surface area contributed by atoms with Crippen molar-refractivity contribution in [1.82, 2.24) is 4.90 Å². The molecule has 1 aromatic carbocycles. The van der Waals surface area contributed by atoms with E-state index in [0.29, 0.717) is 17.9 Å². The maximum atomic E-state index is 9.41. The number of nitrogens with zero attached hydrogens (tertiary/aromatic N) is 2. The first kappa shape index (κ1) is 15.5. The summed E-state index contributed by atoms with van der Waals surface area (Å²) in [6.07, 6.45) is 5.01. The molecule has 4 rings (SSSR count). The Morgan fingerprint density at radius 2 is 1.87 bits per heavy atom. The second kappa shape index (κ2) is 6.10. The number of likely N-dealkylation sites (N-methyl/N-ethyl adjacent to an activating group) is 1.